The van der Waals surface area contributed by atoms with Crippen LogP contribution in [0.25, 0.3) is 0 Å². The van der Waals surface area contributed by atoms with Crippen molar-refractivity contribution in [3.8, 4) is 5.75 Å². The first-order valence-electron chi connectivity index (χ1n) is 7.14. The predicted octanol–water partition coefficient (Wildman–Crippen LogP) is 2.84. The Kier molecular flexibility index (Phi) is 3.51. The Labute approximate surface area is 125 Å². The fourth-order valence-corrected chi connectivity index (χ4v) is 3.42. The summed E-state index contributed by atoms with van der Waals surface area (Å²) in [6.45, 7) is 0. The molecule has 0 saturated heterocycles. The van der Waals surface area contributed by atoms with E-state index in [-0.39, 0.29) is 17.8 Å². The summed E-state index contributed by atoms with van der Waals surface area (Å²) in [4.78, 5) is 32.7. The van der Waals surface area contributed by atoms with Crippen LogP contribution in [0.4, 0.5) is 11.4 Å². The van der Waals surface area contributed by atoms with Gasteiger partial charge in [-0.2, -0.15) is 0 Å². The van der Waals surface area contributed by atoms with Crippen LogP contribution >= 0.6 is 0 Å². The second-order valence-electron chi connectivity index (χ2n) is 5.70. The molecule has 1 aromatic rings. The maximum Gasteiger partial charge on any atom is 0.318 e. The second kappa shape index (κ2) is 5.36. The largest absolute Gasteiger partial charge is 0.412 e. The minimum absolute atomic E-state index is 0.267. The van der Waals surface area contributed by atoms with Crippen LogP contribution in [-0.4, -0.2) is 15.8 Å². The van der Waals surface area contributed by atoms with E-state index in [1.165, 1.54) is 6.07 Å². The van der Waals surface area contributed by atoms with Crippen molar-refractivity contribution in [1.82, 2.24) is 0 Å². The monoisotopic (exact) mass is 306 g/mol. The van der Waals surface area contributed by atoms with E-state index >= 15 is 0 Å². The van der Waals surface area contributed by atoms with E-state index in [0.29, 0.717) is 0 Å². The number of rotatable bonds is 4. The summed E-state index contributed by atoms with van der Waals surface area (Å²) in [5.41, 5.74) is -1.13. The van der Waals surface area contributed by atoms with Crippen molar-refractivity contribution in [1.29, 1.82) is 0 Å². The topological polar surface area (TPSA) is 113 Å². The molecular formula is C14H14N2O6. The third kappa shape index (κ3) is 2.40. The number of nitrogens with zero attached hydrogens (tertiary/aromatic N) is 2. The third-order valence-electron chi connectivity index (χ3n) is 4.50. The van der Waals surface area contributed by atoms with Gasteiger partial charge in [-0.25, -0.2) is 0 Å². The number of carbonyl (C=O) groups is 1. The molecule has 22 heavy (non-hydrogen) atoms. The Morgan fingerprint density at radius 3 is 2.00 bits per heavy atom. The van der Waals surface area contributed by atoms with Crippen LogP contribution < -0.4 is 4.74 Å². The molecule has 0 spiro atoms. The van der Waals surface area contributed by atoms with Gasteiger partial charge >= 0.3 is 17.3 Å². The standard InChI is InChI=1S/C14H14N2O6/c17-14(12-8-4-1-2-5-9(8)12)22-13-10(15(18)19)6-3-7-11(13)16(20)21/h3,6-9,12H,1-2,4-5H2/t8-,9-/m0/s1. The molecule has 2 aliphatic rings. The fourth-order valence-electron chi connectivity index (χ4n) is 3.42. The minimum atomic E-state index is -0.782. The van der Waals surface area contributed by atoms with Crippen molar-refractivity contribution in [3.05, 3.63) is 38.4 Å². The molecule has 2 saturated carbocycles. The van der Waals surface area contributed by atoms with Crippen molar-refractivity contribution in [2.45, 2.75) is 25.7 Å². The van der Waals surface area contributed by atoms with Crippen molar-refractivity contribution in [2.75, 3.05) is 0 Å². The molecule has 2 atom stereocenters. The van der Waals surface area contributed by atoms with Crippen LogP contribution in [0.3, 0.4) is 0 Å². The SMILES string of the molecule is O=C(Oc1c([N+](=O)[O-])cccc1[N+](=O)[O-])C1[C@H]2CCCC[C@H]12. The number of carbonyl (C=O) groups excluding carboxylic acids is 1. The van der Waals surface area contributed by atoms with E-state index in [9.17, 15) is 25.0 Å². The molecule has 0 heterocycles. The zero-order chi connectivity index (χ0) is 15.9. The molecule has 8 heteroatoms. The van der Waals surface area contributed by atoms with Crippen LogP contribution in [0.5, 0.6) is 5.75 Å². The van der Waals surface area contributed by atoms with Crippen molar-refractivity contribution >= 4 is 17.3 Å². The maximum absolute atomic E-state index is 12.2. The van der Waals surface area contributed by atoms with E-state index < -0.39 is 32.9 Å². The van der Waals surface area contributed by atoms with Gasteiger partial charge < -0.3 is 4.74 Å². The molecule has 0 aliphatic heterocycles. The summed E-state index contributed by atoms with van der Waals surface area (Å²) in [6.07, 6.45) is 4.03. The van der Waals surface area contributed by atoms with E-state index in [1.807, 2.05) is 0 Å². The third-order valence-corrected chi connectivity index (χ3v) is 4.50. The molecule has 0 bridgehead atoms. The predicted molar refractivity (Wildman–Crippen MR) is 74.3 cm³/mol. The van der Waals surface area contributed by atoms with Crippen LogP contribution in [0, 0.1) is 38.0 Å². The molecule has 2 aliphatic carbocycles. The van der Waals surface area contributed by atoms with Gasteiger partial charge in [-0.05, 0) is 30.7 Å². The summed E-state index contributed by atoms with van der Waals surface area (Å²) < 4.78 is 5.09. The number of hydrogen-bond donors (Lipinski definition) is 0. The maximum atomic E-state index is 12.2. The highest BCUT2D eigenvalue weighted by Gasteiger charge is 2.56. The van der Waals surface area contributed by atoms with Crippen molar-refractivity contribution in [2.24, 2.45) is 17.8 Å². The summed E-state index contributed by atoms with van der Waals surface area (Å²) in [5.74, 6) is -0.895. The number of hydrogen-bond acceptors (Lipinski definition) is 6. The van der Waals surface area contributed by atoms with Gasteiger partial charge in [0.25, 0.3) is 5.75 Å². The fraction of sp³-hybridized carbons (Fsp3) is 0.500. The highest BCUT2D eigenvalue weighted by atomic mass is 16.6. The molecule has 1 aromatic carbocycles. The molecule has 2 fully saturated rings. The Hall–Kier alpha value is -2.51. The lowest BCUT2D eigenvalue weighted by atomic mass is 10.0. The van der Waals surface area contributed by atoms with E-state index in [4.69, 9.17) is 4.74 Å². The first-order chi connectivity index (χ1) is 10.5. The molecule has 116 valence electrons. The molecular weight excluding hydrogens is 292 g/mol. The van der Waals surface area contributed by atoms with Crippen LogP contribution in [0.2, 0.25) is 0 Å². The number of nitro groups is 2. The quantitative estimate of drug-likeness (QED) is 0.366. The lowest BCUT2D eigenvalue weighted by molar-refractivity contribution is -0.395. The number of para-hydroxylation sites is 1. The Balaban J connectivity index is 1.86. The minimum Gasteiger partial charge on any atom is -0.412 e. The normalized spacial score (nSPS) is 25.9. The summed E-state index contributed by atoms with van der Waals surface area (Å²) >= 11 is 0. The average Bonchev–Trinajstić information content (AvgIpc) is 3.21. The zero-order valence-corrected chi connectivity index (χ0v) is 11.6. The van der Waals surface area contributed by atoms with Gasteiger partial charge in [0.1, 0.15) is 0 Å². The number of benzene rings is 1. The first kappa shape index (κ1) is 14.4. The number of fused-ring (bicyclic) bond motifs is 1. The molecule has 8 nitrogen and oxygen atoms in total. The molecule has 0 unspecified atom stereocenters. The number of nitro benzene ring substituents is 2. The van der Waals surface area contributed by atoms with Crippen LogP contribution in [0.1, 0.15) is 25.7 Å². The van der Waals surface area contributed by atoms with E-state index in [0.717, 1.165) is 37.8 Å². The summed E-state index contributed by atoms with van der Waals surface area (Å²) in [6, 6.07) is 3.38. The van der Waals surface area contributed by atoms with Crippen molar-refractivity contribution < 1.29 is 19.4 Å². The molecule has 3 rings (SSSR count). The highest BCUT2D eigenvalue weighted by Crippen LogP contribution is 2.56. The molecule has 0 radical (unpaired) electrons. The second-order valence-corrected chi connectivity index (χ2v) is 5.70. The van der Waals surface area contributed by atoms with Crippen LogP contribution in [-0.2, 0) is 4.79 Å². The lowest BCUT2D eigenvalue weighted by Gasteiger charge is -2.05. The Bertz CT molecular complexity index is 614. The molecule has 0 aromatic heterocycles. The van der Waals surface area contributed by atoms with Gasteiger partial charge in [-0.3, -0.25) is 25.0 Å². The summed E-state index contributed by atoms with van der Waals surface area (Å²) in [7, 11) is 0. The average molecular weight is 306 g/mol. The zero-order valence-electron chi connectivity index (χ0n) is 11.6. The van der Waals surface area contributed by atoms with Gasteiger partial charge in [-0.1, -0.05) is 12.8 Å². The summed E-state index contributed by atoms with van der Waals surface area (Å²) in [5, 5.41) is 22.0. The van der Waals surface area contributed by atoms with Gasteiger partial charge in [-0.15, -0.1) is 0 Å². The van der Waals surface area contributed by atoms with Gasteiger partial charge in [0.15, 0.2) is 0 Å². The molecule has 0 amide bonds. The van der Waals surface area contributed by atoms with Gasteiger partial charge in [0, 0.05) is 12.1 Å². The van der Waals surface area contributed by atoms with Gasteiger partial charge in [0.2, 0.25) is 0 Å². The van der Waals surface area contributed by atoms with Crippen LogP contribution in [0.15, 0.2) is 18.2 Å². The highest BCUT2D eigenvalue weighted by molar-refractivity contribution is 5.81. The van der Waals surface area contributed by atoms with E-state index in [1.54, 1.807) is 0 Å². The Morgan fingerprint density at radius 2 is 1.55 bits per heavy atom. The number of ether oxygens (including phenoxy) is 1. The van der Waals surface area contributed by atoms with Gasteiger partial charge in [0.05, 0.1) is 15.8 Å². The van der Waals surface area contributed by atoms with E-state index in [2.05, 4.69) is 0 Å². The number of esters is 1. The molecule has 0 N–H and O–H groups in total. The smallest absolute Gasteiger partial charge is 0.318 e. The van der Waals surface area contributed by atoms with Crippen molar-refractivity contribution in [3.63, 3.8) is 0 Å². The Morgan fingerprint density at radius 1 is 1.05 bits per heavy atom. The lowest BCUT2D eigenvalue weighted by Crippen LogP contribution is -2.14. The first-order valence-corrected chi connectivity index (χ1v) is 7.14.